The third-order valence-corrected chi connectivity index (χ3v) is 8.14. The van der Waals surface area contributed by atoms with Crippen molar-refractivity contribution in [2.24, 2.45) is 0 Å². The lowest BCUT2D eigenvalue weighted by Gasteiger charge is -2.44. The lowest BCUT2D eigenvalue weighted by atomic mass is 9.89. The summed E-state index contributed by atoms with van der Waals surface area (Å²) in [5.74, 6) is -0.303. The van der Waals surface area contributed by atoms with Crippen LogP contribution in [0.15, 0.2) is 47.4 Å². The Morgan fingerprint density at radius 3 is 2.35 bits per heavy atom. The molecule has 0 spiro atoms. The molecule has 0 radical (unpaired) electrons. The first-order valence-corrected chi connectivity index (χ1v) is 12.7. The smallest absolute Gasteiger partial charge is 0.240 e. The fourth-order valence-corrected chi connectivity index (χ4v) is 6.17. The zero-order valence-corrected chi connectivity index (χ0v) is 19.3. The van der Waals surface area contributed by atoms with Gasteiger partial charge < -0.3 is 4.90 Å². The van der Waals surface area contributed by atoms with Crippen molar-refractivity contribution in [3.05, 3.63) is 58.9 Å². The van der Waals surface area contributed by atoms with Crippen molar-refractivity contribution in [1.82, 2.24) is 9.62 Å². The van der Waals surface area contributed by atoms with E-state index in [1.54, 1.807) is 24.3 Å². The van der Waals surface area contributed by atoms with Crippen molar-refractivity contribution in [3.8, 4) is 0 Å². The monoisotopic (exact) mass is 465 g/mol. The number of hydrogen-bond donors (Lipinski definition) is 1. The Balaban J connectivity index is 1.43. The number of halogens is 2. The van der Waals surface area contributed by atoms with E-state index >= 15 is 0 Å². The molecule has 31 heavy (non-hydrogen) atoms. The standard InChI is InChI=1S/C23H29ClFN3O2S/c1-17-6-9-19(10-7-17)31(29,30)26-21-4-2-3-5-23(21)28-14-12-27(13-15-28)22-11-8-18(24)16-20(22)25/h6-11,16,21,23,26H,2-5,12-15H2,1H3/t21-,23-/m0/s1. The summed E-state index contributed by atoms with van der Waals surface area (Å²) in [6.45, 7) is 4.89. The summed E-state index contributed by atoms with van der Waals surface area (Å²) in [5, 5.41) is 0.394. The van der Waals surface area contributed by atoms with Crippen LogP contribution in [0.3, 0.4) is 0 Å². The SMILES string of the molecule is Cc1ccc(S(=O)(=O)N[C@H]2CCCC[C@@H]2N2CCN(c3ccc(Cl)cc3F)CC2)cc1. The second-order valence-electron chi connectivity index (χ2n) is 8.51. The van der Waals surface area contributed by atoms with Gasteiger partial charge in [0.1, 0.15) is 5.82 Å². The molecule has 0 bridgehead atoms. The maximum Gasteiger partial charge on any atom is 0.240 e. The summed E-state index contributed by atoms with van der Waals surface area (Å²) in [6.07, 6.45) is 3.92. The Hall–Kier alpha value is -1.67. The largest absolute Gasteiger partial charge is 0.367 e. The highest BCUT2D eigenvalue weighted by Gasteiger charge is 2.35. The highest BCUT2D eigenvalue weighted by atomic mass is 35.5. The van der Waals surface area contributed by atoms with Crippen molar-refractivity contribution < 1.29 is 12.8 Å². The number of anilines is 1. The minimum absolute atomic E-state index is 0.112. The van der Waals surface area contributed by atoms with Gasteiger partial charge in [-0.25, -0.2) is 17.5 Å². The number of sulfonamides is 1. The number of rotatable bonds is 5. The molecule has 1 saturated carbocycles. The average Bonchev–Trinajstić information content (AvgIpc) is 2.74. The maximum absolute atomic E-state index is 14.3. The molecule has 2 aromatic rings. The minimum Gasteiger partial charge on any atom is -0.367 e. The van der Waals surface area contributed by atoms with Crippen molar-refractivity contribution >= 4 is 27.3 Å². The number of benzene rings is 2. The first kappa shape index (κ1) is 22.5. The molecule has 4 rings (SSSR count). The second-order valence-corrected chi connectivity index (χ2v) is 10.7. The van der Waals surface area contributed by atoms with Crippen LogP contribution < -0.4 is 9.62 Å². The molecule has 0 aromatic heterocycles. The van der Waals surface area contributed by atoms with Gasteiger partial charge in [0.05, 0.1) is 10.6 Å². The minimum atomic E-state index is -3.56. The Bertz CT molecular complexity index is 1010. The number of nitrogens with zero attached hydrogens (tertiary/aromatic N) is 2. The second kappa shape index (κ2) is 9.45. The summed E-state index contributed by atoms with van der Waals surface area (Å²) >= 11 is 5.88. The van der Waals surface area contributed by atoms with Crippen LogP contribution in [0.5, 0.6) is 0 Å². The first-order valence-electron chi connectivity index (χ1n) is 10.9. The molecule has 1 heterocycles. The Kier molecular flexibility index (Phi) is 6.86. The van der Waals surface area contributed by atoms with Crippen LogP contribution in [0.1, 0.15) is 31.2 Å². The zero-order chi connectivity index (χ0) is 22.0. The van der Waals surface area contributed by atoms with Gasteiger partial charge in [-0.2, -0.15) is 0 Å². The molecule has 8 heteroatoms. The molecule has 5 nitrogen and oxygen atoms in total. The molecule has 0 unspecified atom stereocenters. The summed E-state index contributed by atoms with van der Waals surface area (Å²) in [5.41, 5.74) is 1.61. The summed E-state index contributed by atoms with van der Waals surface area (Å²) in [6, 6.07) is 11.8. The maximum atomic E-state index is 14.3. The summed E-state index contributed by atoms with van der Waals surface area (Å²) in [4.78, 5) is 4.72. The summed E-state index contributed by atoms with van der Waals surface area (Å²) < 4.78 is 43.2. The van der Waals surface area contributed by atoms with Crippen molar-refractivity contribution in [1.29, 1.82) is 0 Å². The topological polar surface area (TPSA) is 52.7 Å². The van der Waals surface area contributed by atoms with E-state index in [2.05, 4.69) is 9.62 Å². The first-order chi connectivity index (χ1) is 14.8. The van der Waals surface area contributed by atoms with Crippen LogP contribution >= 0.6 is 11.6 Å². The quantitative estimate of drug-likeness (QED) is 0.719. The highest BCUT2D eigenvalue weighted by Crippen LogP contribution is 2.28. The van der Waals surface area contributed by atoms with E-state index in [4.69, 9.17) is 11.6 Å². The van der Waals surface area contributed by atoms with Gasteiger partial charge in [-0.3, -0.25) is 4.90 Å². The van der Waals surface area contributed by atoms with Gasteiger partial charge in [0.15, 0.2) is 0 Å². The third kappa shape index (κ3) is 5.22. The van der Waals surface area contributed by atoms with Crippen LogP contribution in [0.4, 0.5) is 10.1 Å². The third-order valence-electron chi connectivity index (χ3n) is 6.40. The van der Waals surface area contributed by atoms with E-state index in [-0.39, 0.29) is 17.9 Å². The molecule has 2 atom stereocenters. The molecule has 2 aliphatic rings. The molecule has 1 N–H and O–H groups in total. The molecule has 168 valence electrons. The molecule has 1 aliphatic heterocycles. The number of aryl methyl sites for hydroxylation is 1. The van der Waals surface area contributed by atoms with Gasteiger partial charge in [-0.1, -0.05) is 42.1 Å². The van der Waals surface area contributed by atoms with Crippen LogP contribution in [0.2, 0.25) is 5.02 Å². The van der Waals surface area contributed by atoms with Crippen LogP contribution in [-0.4, -0.2) is 51.6 Å². The lowest BCUT2D eigenvalue weighted by molar-refractivity contribution is 0.124. The number of piperazine rings is 1. The number of nitrogens with one attached hydrogen (secondary N) is 1. The van der Waals surface area contributed by atoms with Gasteiger partial charge in [0, 0.05) is 43.3 Å². The van der Waals surface area contributed by atoms with E-state index in [0.717, 1.165) is 44.3 Å². The fourth-order valence-electron chi connectivity index (χ4n) is 4.70. The molecule has 0 amide bonds. The molecule has 1 aliphatic carbocycles. The van der Waals surface area contributed by atoms with Gasteiger partial charge in [-0.05, 0) is 50.1 Å². The van der Waals surface area contributed by atoms with E-state index in [0.29, 0.717) is 28.7 Å². The van der Waals surface area contributed by atoms with Gasteiger partial charge in [0.2, 0.25) is 10.0 Å². The zero-order valence-electron chi connectivity index (χ0n) is 17.7. The lowest BCUT2D eigenvalue weighted by Crippen LogP contribution is -2.58. The van der Waals surface area contributed by atoms with Crippen molar-refractivity contribution in [2.45, 2.75) is 49.6 Å². The fraction of sp³-hybridized carbons (Fsp3) is 0.478. The van der Waals surface area contributed by atoms with Gasteiger partial charge in [-0.15, -0.1) is 0 Å². The van der Waals surface area contributed by atoms with E-state index in [1.165, 1.54) is 6.07 Å². The van der Waals surface area contributed by atoms with E-state index in [9.17, 15) is 12.8 Å². The predicted octanol–water partition coefficient (Wildman–Crippen LogP) is 4.20. The van der Waals surface area contributed by atoms with Gasteiger partial charge >= 0.3 is 0 Å². The molecule has 1 saturated heterocycles. The van der Waals surface area contributed by atoms with Crippen molar-refractivity contribution in [3.63, 3.8) is 0 Å². The van der Waals surface area contributed by atoms with Crippen LogP contribution in [-0.2, 0) is 10.0 Å². The van der Waals surface area contributed by atoms with Gasteiger partial charge in [0.25, 0.3) is 0 Å². The molecule has 2 fully saturated rings. The van der Waals surface area contributed by atoms with Crippen LogP contribution in [0.25, 0.3) is 0 Å². The predicted molar refractivity (Wildman–Crippen MR) is 123 cm³/mol. The Morgan fingerprint density at radius 2 is 1.68 bits per heavy atom. The normalized spacial score (nSPS) is 23.1. The van der Waals surface area contributed by atoms with Crippen LogP contribution in [0, 0.1) is 12.7 Å². The molecule has 2 aromatic carbocycles. The Labute approximate surface area is 189 Å². The highest BCUT2D eigenvalue weighted by molar-refractivity contribution is 7.89. The van der Waals surface area contributed by atoms with E-state index < -0.39 is 10.0 Å². The molecular weight excluding hydrogens is 437 g/mol. The van der Waals surface area contributed by atoms with Crippen molar-refractivity contribution in [2.75, 3.05) is 31.1 Å². The average molecular weight is 466 g/mol. The molecular formula is C23H29ClFN3O2S. The van der Waals surface area contributed by atoms with E-state index in [1.807, 2.05) is 24.0 Å². The Morgan fingerprint density at radius 1 is 1.00 bits per heavy atom. The number of hydrogen-bond acceptors (Lipinski definition) is 4. The summed E-state index contributed by atoms with van der Waals surface area (Å²) in [7, 11) is -3.56.